The van der Waals surface area contributed by atoms with Crippen LogP contribution in [0.1, 0.15) is 26.3 Å². The van der Waals surface area contributed by atoms with Gasteiger partial charge in [-0.3, -0.25) is 0 Å². The van der Waals surface area contributed by atoms with Gasteiger partial charge in [-0.2, -0.15) is 0 Å². The first-order valence-electron chi connectivity index (χ1n) is 7.48. The predicted molar refractivity (Wildman–Crippen MR) is 92.0 cm³/mol. The van der Waals surface area contributed by atoms with Crippen LogP contribution in [0, 0.1) is 0 Å². The minimum atomic E-state index is 0.135. The van der Waals surface area contributed by atoms with Gasteiger partial charge in [0.1, 0.15) is 0 Å². The van der Waals surface area contributed by atoms with Gasteiger partial charge in [0.05, 0.1) is 5.52 Å². The number of hydrogen-bond donors (Lipinski definition) is 1. The van der Waals surface area contributed by atoms with Crippen LogP contribution < -0.4 is 0 Å². The fraction of sp³-hybridized carbons (Fsp3) is 0.200. The lowest BCUT2D eigenvalue weighted by molar-refractivity contribution is 0.595. The number of aromatic nitrogens is 1. The number of benzene rings is 3. The van der Waals surface area contributed by atoms with E-state index in [2.05, 4.69) is 80.4 Å². The summed E-state index contributed by atoms with van der Waals surface area (Å²) in [7, 11) is 0. The molecule has 3 aromatic carbocycles. The Balaban J connectivity index is 2.25. The van der Waals surface area contributed by atoms with E-state index in [1.807, 2.05) is 0 Å². The van der Waals surface area contributed by atoms with Crippen molar-refractivity contribution in [2.24, 2.45) is 0 Å². The van der Waals surface area contributed by atoms with Crippen molar-refractivity contribution in [3.8, 4) is 0 Å². The Morgan fingerprint density at radius 3 is 2.33 bits per heavy atom. The predicted octanol–water partition coefficient (Wildman–Crippen LogP) is 5.77. The molecule has 0 aliphatic rings. The first-order chi connectivity index (χ1) is 10.1. The normalized spacial score (nSPS) is 12.5. The first-order valence-corrected chi connectivity index (χ1v) is 7.48. The zero-order valence-corrected chi connectivity index (χ0v) is 12.7. The molecule has 4 rings (SSSR count). The Bertz CT molecular complexity index is 968. The molecular formula is C20H19N. The highest BCUT2D eigenvalue weighted by molar-refractivity contribution is 6.20. The van der Waals surface area contributed by atoms with Crippen LogP contribution in [0.25, 0.3) is 32.6 Å². The highest BCUT2D eigenvalue weighted by Crippen LogP contribution is 2.36. The maximum Gasteiger partial charge on any atom is 0.0503 e. The zero-order valence-electron chi connectivity index (χ0n) is 12.7. The molecule has 0 amide bonds. The van der Waals surface area contributed by atoms with Crippen LogP contribution in [0.3, 0.4) is 0 Å². The van der Waals surface area contributed by atoms with E-state index in [1.54, 1.807) is 0 Å². The van der Waals surface area contributed by atoms with Crippen LogP contribution in [0.2, 0.25) is 0 Å². The highest BCUT2D eigenvalue weighted by atomic mass is 14.7. The van der Waals surface area contributed by atoms with E-state index >= 15 is 0 Å². The van der Waals surface area contributed by atoms with Crippen LogP contribution in [-0.4, -0.2) is 4.98 Å². The van der Waals surface area contributed by atoms with E-state index in [-0.39, 0.29) is 5.41 Å². The summed E-state index contributed by atoms with van der Waals surface area (Å²) in [5, 5.41) is 5.29. The summed E-state index contributed by atoms with van der Waals surface area (Å²) in [4.78, 5) is 3.65. The molecule has 21 heavy (non-hydrogen) atoms. The molecule has 0 fully saturated rings. The number of hydrogen-bond acceptors (Lipinski definition) is 0. The van der Waals surface area contributed by atoms with Crippen molar-refractivity contribution in [3.63, 3.8) is 0 Å². The molecule has 0 unspecified atom stereocenters. The molecule has 0 aliphatic carbocycles. The SMILES string of the molecule is CC(C)(C)c1cccc2c1[nH]c1ccc3ccccc3c12. The van der Waals surface area contributed by atoms with Crippen molar-refractivity contribution in [3.05, 3.63) is 60.2 Å². The van der Waals surface area contributed by atoms with Gasteiger partial charge in [-0.25, -0.2) is 0 Å². The molecule has 1 aromatic heterocycles. The number of rotatable bonds is 0. The molecule has 0 atom stereocenters. The van der Waals surface area contributed by atoms with Gasteiger partial charge in [0, 0.05) is 16.3 Å². The fourth-order valence-electron chi connectivity index (χ4n) is 3.32. The van der Waals surface area contributed by atoms with Crippen molar-refractivity contribution in [2.75, 3.05) is 0 Å². The summed E-state index contributed by atoms with van der Waals surface area (Å²) in [6.45, 7) is 6.81. The van der Waals surface area contributed by atoms with Gasteiger partial charge in [-0.05, 0) is 27.8 Å². The number of nitrogens with one attached hydrogen (secondary N) is 1. The molecule has 0 saturated carbocycles. The first kappa shape index (κ1) is 12.5. The molecule has 0 radical (unpaired) electrons. The maximum absolute atomic E-state index is 3.65. The van der Waals surface area contributed by atoms with Gasteiger partial charge in [0.25, 0.3) is 0 Å². The Kier molecular flexibility index (Phi) is 2.44. The number of aromatic amines is 1. The van der Waals surface area contributed by atoms with E-state index in [0.29, 0.717) is 0 Å². The van der Waals surface area contributed by atoms with E-state index in [0.717, 1.165) is 0 Å². The third kappa shape index (κ3) is 1.77. The lowest BCUT2D eigenvalue weighted by atomic mass is 9.85. The van der Waals surface area contributed by atoms with Gasteiger partial charge in [0.2, 0.25) is 0 Å². The third-order valence-electron chi connectivity index (χ3n) is 4.33. The molecule has 104 valence electrons. The van der Waals surface area contributed by atoms with E-state index < -0.39 is 0 Å². The molecule has 1 nitrogen and oxygen atoms in total. The van der Waals surface area contributed by atoms with Crippen molar-refractivity contribution in [1.82, 2.24) is 4.98 Å². The average Bonchev–Trinajstić information content (AvgIpc) is 2.84. The molecule has 0 bridgehead atoms. The van der Waals surface area contributed by atoms with E-state index in [4.69, 9.17) is 0 Å². The minimum absolute atomic E-state index is 0.135. The quantitative estimate of drug-likeness (QED) is 0.418. The molecule has 1 heterocycles. The van der Waals surface area contributed by atoms with Crippen LogP contribution >= 0.6 is 0 Å². The lowest BCUT2D eigenvalue weighted by Gasteiger charge is -2.19. The van der Waals surface area contributed by atoms with Crippen molar-refractivity contribution < 1.29 is 0 Å². The third-order valence-corrected chi connectivity index (χ3v) is 4.33. The minimum Gasteiger partial charge on any atom is -0.354 e. The molecule has 1 N–H and O–H groups in total. The second-order valence-electron chi connectivity index (χ2n) is 6.81. The van der Waals surface area contributed by atoms with Gasteiger partial charge < -0.3 is 4.98 Å². The smallest absolute Gasteiger partial charge is 0.0503 e. The zero-order chi connectivity index (χ0) is 14.6. The summed E-state index contributed by atoms with van der Waals surface area (Å²) in [6, 6.07) is 19.7. The summed E-state index contributed by atoms with van der Waals surface area (Å²) in [5.74, 6) is 0. The van der Waals surface area contributed by atoms with E-state index in [1.165, 1.54) is 38.1 Å². The second kappa shape index (κ2) is 4.11. The molecule has 1 heteroatoms. The van der Waals surface area contributed by atoms with E-state index in [9.17, 15) is 0 Å². The largest absolute Gasteiger partial charge is 0.354 e. The second-order valence-corrected chi connectivity index (χ2v) is 6.81. The molecule has 0 saturated heterocycles. The summed E-state index contributed by atoms with van der Waals surface area (Å²) >= 11 is 0. The summed E-state index contributed by atoms with van der Waals surface area (Å²) in [6.07, 6.45) is 0. The van der Waals surface area contributed by atoms with Crippen LogP contribution in [-0.2, 0) is 5.41 Å². The Labute approximate surface area is 124 Å². The van der Waals surface area contributed by atoms with Crippen molar-refractivity contribution in [2.45, 2.75) is 26.2 Å². The Morgan fingerprint density at radius 1 is 0.762 bits per heavy atom. The van der Waals surface area contributed by atoms with Crippen LogP contribution in [0.5, 0.6) is 0 Å². The Hall–Kier alpha value is -2.28. The number of para-hydroxylation sites is 1. The van der Waals surface area contributed by atoms with Crippen LogP contribution in [0.4, 0.5) is 0 Å². The summed E-state index contributed by atoms with van der Waals surface area (Å²) < 4.78 is 0. The molecule has 4 aromatic rings. The van der Waals surface area contributed by atoms with Crippen molar-refractivity contribution in [1.29, 1.82) is 0 Å². The summed E-state index contributed by atoms with van der Waals surface area (Å²) in [5.41, 5.74) is 4.01. The Morgan fingerprint density at radius 2 is 1.52 bits per heavy atom. The van der Waals surface area contributed by atoms with Gasteiger partial charge in [-0.15, -0.1) is 0 Å². The van der Waals surface area contributed by atoms with Gasteiger partial charge in [-0.1, -0.05) is 69.3 Å². The lowest BCUT2D eigenvalue weighted by Crippen LogP contribution is -2.11. The standard InChI is InChI=1S/C20H19N/c1-20(2,3)16-10-6-9-15-18-14-8-5-4-7-13(14)11-12-17(18)21-19(15)16/h4-12,21H,1-3H3. The van der Waals surface area contributed by atoms with Gasteiger partial charge >= 0.3 is 0 Å². The topological polar surface area (TPSA) is 15.8 Å². The maximum atomic E-state index is 3.65. The fourth-order valence-corrected chi connectivity index (χ4v) is 3.32. The van der Waals surface area contributed by atoms with Crippen LogP contribution in [0.15, 0.2) is 54.6 Å². The number of H-pyrrole nitrogens is 1. The molecule has 0 spiro atoms. The molecular weight excluding hydrogens is 254 g/mol. The van der Waals surface area contributed by atoms with Gasteiger partial charge in [0.15, 0.2) is 0 Å². The van der Waals surface area contributed by atoms with Crippen molar-refractivity contribution >= 4 is 32.6 Å². The highest BCUT2D eigenvalue weighted by Gasteiger charge is 2.19. The molecule has 0 aliphatic heterocycles. The average molecular weight is 273 g/mol. The number of fused-ring (bicyclic) bond motifs is 5. The monoisotopic (exact) mass is 273 g/mol.